The SMILES string of the molecule is Cn1nnc(-c2ccc3nc(-c4ccc(CN5CC[CH]CC5)cc4)c(-c4ccccc4)nc3c2)n1. The summed E-state index contributed by atoms with van der Waals surface area (Å²) in [4.78, 5) is 14.1. The number of hydrogen-bond acceptors (Lipinski definition) is 6. The van der Waals surface area contributed by atoms with Gasteiger partial charge in [-0.05, 0) is 61.3 Å². The molecule has 2 aromatic heterocycles. The Kier molecular flexibility index (Phi) is 5.76. The van der Waals surface area contributed by atoms with Crippen molar-refractivity contribution < 1.29 is 0 Å². The van der Waals surface area contributed by atoms with Crippen molar-refractivity contribution in [3.63, 3.8) is 0 Å². The van der Waals surface area contributed by atoms with Crippen molar-refractivity contribution in [3.8, 4) is 33.9 Å². The van der Waals surface area contributed by atoms with Crippen molar-refractivity contribution in [2.45, 2.75) is 19.4 Å². The van der Waals surface area contributed by atoms with E-state index in [1.807, 2.05) is 36.4 Å². The number of aromatic nitrogens is 6. The number of hydrogen-bond donors (Lipinski definition) is 0. The first-order chi connectivity index (χ1) is 17.2. The molecule has 0 aliphatic carbocycles. The van der Waals surface area contributed by atoms with Crippen LogP contribution >= 0.6 is 0 Å². The first-order valence-corrected chi connectivity index (χ1v) is 12.0. The summed E-state index contributed by atoms with van der Waals surface area (Å²) >= 11 is 0. The Bertz CT molecular complexity index is 1450. The van der Waals surface area contributed by atoms with Crippen LogP contribution in [0.5, 0.6) is 0 Å². The number of benzene rings is 3. The lowest BCUT2D eigenvalue weighted by atomic mass is 10.0. The Hall–Kier alpha value is -3.97. The highest BCUT2D eigenvalue weighted by Crippen LogP contribution is 2.32. The quantitative estimate of drug-likeness (QED) is 0.369. The maximum Gasteiger partial charge on any atom is 0.204 e. The van der Waals surface area contributed by atoms with Crippen molar-refractivity contribution in [1.29, 1.82) is 0 Å². The molecule has 173 valence electrons. The van der Waals surface area contributed by atoms with Gasteiger partial charge >= 0.3 is 0 Å². The molecule has 0 saturated carbocycles. The van der Waals surface area contributed by atoms with Gasteiger partial charge in [-0.2, -0.15) is 4.80 Å². The maximum atomic E-state index is 5.07. The van der Waals surface area contributed by atoms with Crippen LogP contribution in [0.1, 0.15) is 18.4 Å². The van der Waals surface area contributed by atoms with Gasteiger partial charge in [0.2, 0.25) is 5.82 Å². The van der Waals surface area contributed by atoms with Crippen LogP contribution in [0.4, 0.5) is 0 Å². The number of tetrazole rings is 1. The topological polar surface area (TPSA) is 72.6 Å². The molecule has 3 aromatic carbocycles. The molecular weight excluding hydrogens is 434 g/mol. The van der Waals surface area contributed by atoms with E-state index in [9.17, 15) is 0 Å². The van der Waals surface area contributed by atoms with Crippen molar-refractivity contribution in [1.82, 2.24) is 35.1 Å². The van der Waals surface area contributed by atoms with Crippen molar-refractivity contribution in [3.05, 3.63) is 84.8 Å². The summed E-state index contributed by atoms with van der Waals surface area (Å²) in [5, 5.41) is 12.4. The van der Waals surface area contributed by atoms with Crippen LogP contribution in [0.2, 0.25) is 0 Å². The van der Waals surface area contributed by atoms with Gasteiger partial charge < -0.3 is 0 Å². The van der Waals surface area contributed by atoms with Gasteiger partial charge in [-0.1, -0.05) is 54.6 Å². The fourth-order valence-corrected chi connectivity index (χ4v) is 4.58. The van der Waals surface area contributed by atoms with Crippen molar-refractivity contribution in [2.24, 2.45) is 7.05 Å². The highest BCUT2D eigenvalue weighted by molar-refractivity contribution is 5.88. The summed E-state index contributed by atoms with van der Waals surface area (Å²) in [6.45, 7) is 3.27. The van der Waals surface area contributed by atoms with Gasteiger partial charge in [-0.15, -0.1) is 10.2 Å². The van der Waals surface area contributed by atoms with Crippen molar-refractivity contribution >= 4 is 11.0 Å². The van der Waals surface area contributed by atoms with Crippen LogP contribution in [-0.4, -0.2) is 48.2 Å². The molecule has 1 radical (unpaired) electrons. The molecular formula is C28H26N7. The predicted molar refractivity (Wildman–Crippen MR) is 137 cm³/mol. The second kappa shape index (κ2) is 9.35. The van der Waals surface area contributed by atoms with Crippen LogP contribution in [0.3, 0.4) is 0 Å². The van der Waals surface area contributed by atoms with E-state index in [4.69, 9.17) is 9.97 Å². The third-order valence-electron chi connectivity index (χ3n) is 6.41. The van der Waals surface area contributed by atoms with E-state index < -0.39 is 0 Å². The van der Waals surface area contributed by atoms with E-state index in [1.165, 1.54) is 23.2 Å². The number of fused-ring (bicyclic) bond motifs is 1. The molecule has 0 spiro atoms. The van der Waals surface area contributed by atoms with Crippen molar-refractivity contribution in [2.75, 3.05) is 13.1 Å². The summed E-state index contributed by atoms with van der Waals surface area (Å²) < 4.78 is 0. The zero-order valence-electron chi connectivity index (χ0n) is 19.7. The second-order valence-electron chi connectivity index (χ2n) is 8.93. The lowest BCUT2D eigenvalue weighted by Crippen LogP contribution is -2.29. The summed E-state index contributed by atoms with van der Waals surface area (Å²) in [6, 6.07) is 25.0. The minimum absolute atomic E-state index is 0.573. The van der Waals surface area contributed by atoms with Gasteiger partial charge in [0.25, 0.3) is 0 Å². The Morgan fingerprint density at radius 1 is 0.743 bits per heavy atom. The third kappa shape index (κ3) is 4.55. The molecule has 5 aromatic rings. The second-order valence-corrected chi connectivity index (χ2v) is 8.93. The maximum absolute atomic E-state index is 5.07. The molecule has 7 heteroatoms. The van der Waals surface area contributed by atoms with E-state index in [-0.39, 0.29) is 0 Å². The smallest absolute Gasteiger partial charge is 0.204 e. The zero-order valence-corrected chi connectivity index (χ0v) is 19.7. The van der Waals surface area contributed by atoms with Gasteiger partial charge in [-0.25, -0.2) is 9.97 Å². The molecule has 0 bridgehead atoms. The molecule has 0 amide bonds. The Balaban J connectivity index is 1.40. The molecule has 1 saturated heterocycles. The highest BCUT2D eigenvalue weighted by Gasteiger charge is 2.16. The summed E-state index contributed by atoms with van der Waals surface area (Å²) in [6.07, 6.45) is 4.75. The van der Waals surface area contributed by atoms with E-state index in [0.29, 0.717) is 5.82 Å². The Labute approximate surface area is 204 Å². The first kappa shape index (κ1) is 21.6. The number of likely N-dealkylation sites (tertiary alicyclic amines) is 1. The van der Waals surface area contributed by atoms with E-state index >= 15 is 0 Å². The van der Waals surface area contributed by atoms with E-state index in [0.717, 1.165) is 58.7 Å². The van der Waals surface area contributed by atoms with Gasteiger partial charge in [0.15, 0.2) is 0 Å². The standard InChI is InChI=1S/C28H26N7/c1-34-32-28(31-33-34)23-14-15-24-25(18-23)30-26(21-8-4-2-5-9-21)27(29-24)22-12-10-20(11-13-22)19-35-16-6-3-7-17-35/h2-5,8-15,18H,6-7,16-17,19H2,1H3. The molecule has 1 aliphatic heterocycles. The molecule has 35 heavy (non-hydrogen) atoms. The third-order valence-corrected chi connectivity index (χ3v) is 6.41. The fraction of sp³-hybridized carbons (Fsp3) is 0.214. The van der Waals surface area contributed by atoms with Crippen LogP contribution < -0.4 is 0 Å². The largest absolute Gasteiger partial charge is 0.299 e. The van der Waals surface area contributed by atoms with E-state index in [2.05, 4.69) is 63.1 Å². The van der Waals surface area contributed by atoms with Crippen LogP contribution in [0.25, 0.3) is 44.9 Å². The average Bonchev–Trinajstić information content (AvgIpc) is 3.35. The Morgan fingerprint density at radius 2 is 1.43 bits per heavy atom. The van der Waals surface area contributed by atoms with Gasteiger partial charge in [0, 0.05) is 23.2 Å². The Morgan fingerprint density at radius 3 is 2.14 bits per heavy atom. The van der Waals surface area contributed by atoms with Gasteiger partial charge in [0.1, 0.15) is 0 Å². The molecule has 1 aliphatic rings. The molecule has 0 N–H and O–H groups in total. The van der Waals surface area contributed by atoms with Crippen LogP contribution in [0.15, 0.2) is 72.8 Å². The monoisotopic (exact) mass is 460 g/mol. The molecule has 1 fully saturated rings. The molecule has 3 heterocycles. The number of aryl methyl sites for hydroxylation is 1. The molecule has 6 rings (SSSR count). The number of rotatable bonds is 5. The number of piperidine rings is 1. The summed E-state index contributed by atoms with van der Waals surface area (Å²) in [5.41, 5.74) is 7.67. The lowest BCUT2D eigenvalue weighted by Gasteiger charge is -2.26. The lowest BCUT2D eigenvalue weighted by molar-refractivity contribution is 0.246. The minimum atomic E-state index is 0.573. The van der Waals surface area contributed by atoms with Gasteiger partial charge in [-0.3, -0.25) is 4.90 Å². The average molecular weight is 461 g/mol. The predicted octanol–water partition coefficient (Wildman–Crippen LogP) is 4.95. The zero-order chi connectivity index (χ0) is 23.6. The van der Waals surface area contributed by atoms with E-state index in [1.54, 1.807) is 7.05 Å². The summed E-state index contributed by atoms with van der Waals surface area (Å²) in [7, 11) is 1.76. The first-order valence-electron chi connectivity index (χ1n) is 12.0. The van der Waals surface area contributed by atoms with Crippen LogP contribution in [0, 0.1) is 6.42 Å². The molecule has 0 atom stereocenters. The highest BCUT2D eigenvalue weighted by atomic mass is 15.6. The molecule has 7 nitrogen and oxygen atoms in total. The minimum Gasteiger partial charge on any atom is -0.299 e. The fourth-order valence-electron chi connectivity index (χ4n) is 4.58. The van der Waals surface area contributed by atoms with Crippen LogP contribution in [-0.2, 0) is 13.6 Å². The van der Waals surface area contributed by atoms with Gasteiger partial charge in [0.05, 0.1) is 29.5 Å². The summed E-state index contributed by atoms with van der Waals surface area (Å²) in [5.74, 6) is 0.573. The normalized spacial score (nSPS) is 14.4. The molecule has 0 unspecified atom stereocenters. The number of nitrogens with zero attached hydrogens (tertiary/aromatic N) is 7.